The maximum absolute atomic E-state index is 12.1. The van der Waals surface area contributed by atoms with Gasteiger partial charge in [0.25, 0.3) is 5.91 Å². The second-order valence-corrected chi connectivity index (χ2v) is 6.50. The first-order valence-corrected chi connectivity index (χ1v) is 8.10. The van der Waals surface area contributed by atoms with E-state index < -0.39 is 11.7 Å². The van der Waals surface area contributed by atoms with Crippen LogP contribution in [-0.2, 0) is 4.74 Å². The summed E-state index contributed by atoms with van der Waals surface area (Å²) in [6, 6.07) is 3.30. The van der Waals surface area contributed by atoms with Gasteiger partial charge < -0.3 is 15.4 Å². The second kappa shape index (κ2) is 8.28. The first-order chi connectivity index (χ1) is 12.2. The van der Waals surface area contributed by atoms with Crippen LogP contribution in [0.5, 0.6) is 0 Å². The molecule has 0 aliphatic carbocycles. The summed E-state index contributed by atoms with van der Waals surface area (Å²) >= 11 is 0. The number of hydrazone groups is 2. The highest BCUT2D eigenvalue weighted by atomic mass is 16.6. The number of aromatic nitrogens is 1. The van der Waals surface area contributed by atoms with Gasteiger partial charge in [0.2, 0.25) is 0 Å². The number of carbonyl (C=O) groups is 2. The van der Waals surface area contributed by atoms with Gasteiger partial charge in [-0.2, -0.15) is 10.2 Å². The van der Waals surface area contributed by atoms with Gasteiger partial charge >= 0.3 is 6.09 Å². The summed E-state index contributed by atoms with van der Waals surface area (Å²) < 4.78 is 5.10. The predicted octanol–water partition coefficient (Wildman–Crippen LogP) is 0.524. The van der Waals surface area contributed by atoms with E-state index in [1.807, 2.05) is 0 Å². The van der Waals surface area contributed by atoms with E-state index in [-0.39, 0.29) is 19.0 Å². The van der Waals surface area contributed by atoms with Crippen molar-refractivity contribution in [2.24, 2.45) is 10.2 Å². The lowest BCUT2D eigenvalue weighted by Gasteiger charge is -2.19. The molecule has 140 valence electrons. The van der Waals surface area contributed by atoms with Crippen LogP contribution in [0, 0.1) is 0 Å². The summed E-state index contributed by atoms with van der Waals surface area (Å²) in [7, 11) is 0. The fourth-order valence-electron chi connectivity index (χ4n) is 1.86. The van der Waals surface area contributed by atoms with E-state index >= 15 is 0 Å². The van der Waals surface area contributed by atoms with Gasteiger partial charge in [0, 0.05) is 19.3 Å². The van der Waals surface area contributed by atoms with E-state index in [0.29, 0.717) is 22.9 Å². The lowest BCUT2D eigenvalue weighted by Crippen LogP contribution is -2.38. The zero-order valence-corrected chi connectivity index (χ0v) is 15.2. The van der Waals surface area contributed by atoms with Crippen molar-refractivity contribution >= 4 is 23.7 Å². The number of carbonyl (C=O) groups excluding carboxylic acids is 2. The Kier molecular flexibility index (Phi) is 6.10. The molecule has 4 N–H and O–H groups in total. The van der Waals surface area contributed by atoms with Gasteiger partial charge in [0.1, 0.15) is 17.1 Å². The third-order valence-electron chi connectivity index (χ3n) is 3.01. The molecule has 0 unspecified atom stereocenters. The molecule has 0 aromatic carbocycles. The van der Waals surface area contributed by atoms with E-state index in [9.17, 15) is 9.59 Å². The highest BCUT2D eigenvalue weighted by Crippen LogP contribution is 2.06. The molecule has 2 heterocycles. The number of hydrogen-bond acceptors (Lipinski definition) is 8. The molecule has 0 spiro atoms. The molecule has 0 radical (unpaired) electrons. The molecule has 0 bridgehead atoms. The zero-order valence-electron chi connectivity index (χ0n) is 15.2. The van der Waals surface area contributed by atoms with E-state index in [0.717, 1.165) is 0 Å². The van der Waals surface area contributed by atoms with E-state index in [4.69, 9.17) is 4.74 Å². The lowest BCUT2D eigenvalue weighted by atomic mass is 10.2. The maximum Gasteiger partial charge on any atom is 0.407 e. The molecule has 0 saturated carbocycles. The molecule has 10 nitrogen and oxygen atoms in total. The van der Waals surface area contributed by atoms with Gasteiger partial charge in [-0.05, 0) is 39.8 Å². The Hall–Kier alpha value is -3.17. The molecule has 2 amide bonds. The molecule has 1 aromatic heterocycles. The molecule has 2 rings (SSSR count). The Morgan fingerprint density at radius 3 is 2.42 bits per heavy atom. The third kappa shape index (κ3) is 6.04. The number of nitrogens with zero attached hydrogens (tertiary/aromatic N) is 3. The highest BCUT2D eigenvalue weighted by molar-refractivity contribution is 6.00. The smallest absolute Gasteiger partial charge is 0.407 e. The number of amides is 2. The van der Waals surface area contributed by atoms with Crippen LogP contribution in [0.4, 0.5) is 4.79 Å². The summed E-state index contributed by atoms with van der Waals surface area (Å²) in [6.45, 7) is 7.64. The Morgan fingerprint density at radius 2 is 1.85 bits per heavy atom. The van der Waals surface area contributed by atoms with Gasteiger partial charge in [-0.15, -0.1) is 0 Å². The standard InChI is InChI=1S/C16H23N7O3/c1-10-20-22-13(23-21-10)12-6-5-11(9-19-12)14(24)17-7-8-18-15(25)26-16(2,3)4/h5-6,9H,7-8H2,1-4H3,(H,17,24)(H,18,25)(H,20,21)(H,22,23). The first-order valence-electron chi connectivity index (χ1n) is 8.10. The fraction of sp³-hybridized carbons (Fsp3) is 0.438. The van der Waals surface area contributed by atoms with E-state index in [1.165, 1.54) is 6.20 Å². The third-order valence-corrected chi connectivity index (χ3v) is 3.01. The van der Waals surface area contributed by atoms with Crippen molar-refractivity contribution in [2.75, 3.05) is 13.1 Å². The molecule has 0 fully saturated rings. The van der Waals surface area contributed by atoms with Gasteiger partial charge in [0.05, 0.1) is 5.56 Å². The number of pyridine rings is 1. The van der Waals surface area contributed by atoms with Crippen molar-refractivity contribution in [2.45, 2.75) is 33.3 Å². The number of amidine groups is 2. The number of alkyl carbamates (subject to hydrolysis) is 1. The fourth-order valence-corrected chi connectivity index (χ4v) is 1.86. The van der Waals surface area contributed by atoms with Crippen molar-refractivity contribution in [1.29, 1.82) is 0 Å². The Bertz CT molecular complexity index is 720. The first kappa shape index (κ1) is 19.2. The largest absolute Gasteiger partial charge is 0.444 e. The van der Waals surface area contributed by atoms with Gasteiger partial charge in [0.15, 0.2) is 5.84 Å². The van der Waals surface area contributed by atoms with Crippen LogP contribution in [0.25, 0.3) is 0 Å². The predicted molar refractivity (Wildman–Crippen MR) is 96.7 cm³/mol. The van der Waals surface area contributed by atoms with E-state index in [2.05, 4.69) is 36.7 Å². The quantitative estimate of drug-likeness (QED) is 0.566. The van der Waals surface area contributed by atoms with Crippen LogP contribution >= 0.6 is 0 Å². The number of rotatable bonds is 5. The molecular weight excluding hydrogens is 338 g/mol. The van der Waals surface area contributed by atoms with Crippen molar-refractivity contribution in [3.8, 4) is 0 Å². The molecule has 0 saturated heterocycles. The normalized spacial score (nSPS) is 13.5. The summed E-state index contributed by atoms with van der Waals surface area (Å²) in [6.07, 6.45) is 0.923. The van der Waals surface area contributed by atoms with Crippen LogP contribution in [0.1, 0.15) is 43.7 Å². The minimum absolute atomic E-state index is 0.260. The molecule has 0 atom stereocenters. The summed E-state index contributed by atoms with van der Waals surface area (Å²) in [5.41, 5.74) is 5.89. The highest BCUT2D eigenvalue weighted by Gasteiger charge is 2.15. The minimum atomic E-state index is -0.558. The average Bonchev–Trinajstić information content (AvgIpc) is 2.58. The minimum Gasteiger partial charge on any atom is -0.444 e. The number of nitrogens with one attached hydrogen (secondary N) is 4. The maximum atomic E-state index is 12.1. The summed E-state index contributed by atoms with van der Waals surface area (Å²) in [4.78, 5) is 27.8. The van der Waals surface area contributed by atoms with Crippen molar-refractivity contribution in [3.05, 3.63) is 29.6 Å². The molecule has 1 aliphatic heterocycles. The zero-order chi connectivity index (χ0) is 19.2. The van der Waals surface area contributed by atoms with Crippen LogP contribution in [0.15, 0.2) is 28.5 Å². The van der Waals surface area contributed by atoms with Crippen molar-refractivity contribution in [3.63, 3.8) is 0 Å². The summed E-state index contributed by atoms with van der Waals surface area (Å²) in [5, 5.41) is 13.3. The van der Waals surface area contributed by atoms with Crippen molar-refractivity contribution in [1.82, 2.24) is 26.5 Å². The Balaban J connectivity index is 1.77. The Labute approximate surface area is 151 Å². The number of hydrogen-bond donors (Lipinski definition) is 4. The Morgan fingerprint density at radius 1 is 1.12 bits per heavy atom. The molecular formula is C16H23N7O3. The molecule has 1 aromatic rings. The topological polar surface area (TPSA) is 129 Å². The average molecular weight is 361 g/mol. The van der Waals surface area contributed by atoms with E-state index in [1.54, 1.807) is 39.8 Å². The van der Waals surface area contributed by atoms with Crippen LogP contribution in [0.2, 0.25) is 0 Å². The van der Waals surface area contributed by atoms with Crippen molar-refractivity contribution < 1.29 is 14.3 Å². The lowest BCUT2D eigenvalue weighted by molar-refractivity contribution is 0.0526. The van der Waals surface area contributed by atoms with Gasteiger partial charge in [-0.25, -0.2) is 4.79 Å². The summed E-state index contributed by atoms with van der Waals surface area (Å²) in [5.74, 6) is 0.814. The van der Waals surface area contributed by atoms with Gasteiger partial charge in [-0.1, -0.05) is 0 Å². The van der Waals surface area contributed by atoms with Crippen LogP contribution in [0.3, 0.4) is 0 Å². The monoisotopic (exact) mass is 361 g/mol. The van der Waals surface area contributed by atoms with Crippen LogP contribution in [-0.4, -0.2) is 47.3 Å². The molecule has 1 aliphatic rings. The van der Waals surface area contributed by atoms with Gasteiger partial charge in [-0.3, -0.25) is 20.6 Å². The molecule has 10 heteroatoms. The number of ether oxygens (including phenoxy) is 1. The molecule has 26 heavy (non-hydrogen) atoms. The second-order valence-electron chi connectivity index (χ2n) is 6.50. The SMILES string of the molecule is CC1=NNC(c2ccc(C(=O)NCCNC(=O)OC(C)(C)C)cn2)=NN1. The van der Waals surface area contributed by atoms with Crippen LogP contribution < -0.4 is 21.5 Å².